The molecule has 0 unspecified atom stereocenters. The van der Waals surface area contributed by atoms with Gasteiger partial charge in [-0.25, -0.2) is 23.5 Å². The number of hydrogen-bond acceptors (Lipinski definition) is 4. The van der Waals surface area contributed by atoms with E-state index in [-0.39, 0.29) is 28.2 Å². The van der Waals surface area contributed by atoms with E-state index >= 15 is 0 Å². The summed E-state index contributed by atoms with van der Waals surface area (Å²) in [7, 11) is 0. The molecule has 0 saturated heterocycles. The van der Waals surface area contributed by atoms with E-state index in [0.29, 0.717) is 0 Å². The van der Waals surface area contributed by atoms with Crippen molar-refractivity contribution in [1.29, 1.82) is 0 Å². The minimum atomic E-state index is -1.33. The normalized spacial score (nSPS) is 10.8. The van der Waals surface area contributed by atoms with Gasteiger partial charge in [0.2, 0.25) is 0 Å². The van der Waals surface area contributed by atoms with Crippen LogP contribution in [0.5, 0.6) is 0 Å². The van der Waals surface area contributed by atoms with Gasteiger partial charge in [-0.3, -0.25) is 0 Å². The number of hydrogen-bond donors (Lipinski definition) is 2. The Morgan fingerprint density at radius 1 is 1.14 bits per heavy atom. The molecule has 8 heteroatoms. The number of halogens is 1. The van der Waals surface area contributed by atoms with Crippen LogP contribution in [0.2, 0.25) is 0 Å². The zero-order valence-corrected chi connectivity index (χ0v) is 10.9. The van der Waals surface area contributed by atoms with Gasteiger partial charge in [0, 0.05) is 5.56 Å². The molecule has 0 amide bonds. The molecule has 0 spiro atoms. The summed E-state index contributed by atoms with van der Waals surface area (Å²) in [6.07, 6.45) is 1.00. The van der Waals surface area contributed by atoms with Crippen molar-refractivity contribution in [3.63, 3.8) is 0 Å². The first-order chi connectivity index (χ1) is 10.5. The van der Waals surface area contributed by atoms with Gasteiger partial charge in [0.25, 0.3) is 0 Å². The maximum absolute atomic E-state index is 13.9. The lowest BCUT2D eigenvalue weighted by molar-refractivity contribution is 0.0678. The highest BCUT2D eigenvalue weighted by molar-refractivity contribution is 5.96. The molecule has 0 fully saturated rings. The number of aromatic nitrogens is 3. The van der Waals surface area contributed by atoms with Crippen LogP contribution in [-0.2, 0) is 0 Å². The average molecular weight is 301 g/mol. The van der Waals surface area contributed by atoms with Gasteiger partial charge in [-0.1, -0.05) is 12.1 Å². The lowest BCUT2D eigenvalue weighted by Crippen LogP contribution is -2.09. The van der Waals surface area contributed by atoms with Crippen LogP contribution in [0.15, 0.2) is 36.5 Å². The van der Waals surface area contributed by atoms with Crippen LogP contribution in [0.25, 0.3) is 16.9 Å². The van der Waals surface area contributed by atoms with Gasteiger partial charge in [-0.15, -0.1) is 0 Å². The molecule has 7 nitrogen and oxygen atoms in total. The van der Waals surface area contributed by atoms with Crippen molar-refractivity contribution in [3.8, 4) is 11.3 Å². The summed E-state index contributed by atoms with van der Waals surface area (Å²) in [4.78, 5) is 26.5. The third-order valence-electron chi connectivity index (χ3n) is 3.07. The molecule has 2 N–H and O–H groups in total. The highest BCUT2D eigenvalue weighted by Crippen LogP contribution is 2.23. The second kappa shape index (κ2) is 4.92. The second-order valence-electron chi connectivity index (χ2n) is 4.41. The molecule has 2 heterocycles. The van der Waals surface area contributed by atoms with Gasteiger partial charge < -0.3 is 10.2 Å². The first kappa shape index (κ1) is 13.7. The SMILES string of the molecule is O=C(O)c1cnn2c(C(=O)O)cc(-c3ccccc3F)nc12. The monoisotopic (exact) mass is 301 g/mol. The number of rotatable bonds is 3. The molecular formula is C14H8FN3O4. The molecule has 0 aliphatic heterocycles. The number of aromatic carboxylic acids is 2. The number of carboxylic acids is 2. The highest BCUT2D eigenvalue weighted by Gasteiger charge is 2.20. The first-order valence-corrected chi connectivity index (χ1v) is 6.09. The van der Waals surface area contributed by atoms with E-state index in [1.807, 2.05) is 0 Å². The zero-order valence-electron chi connectivity index (χ0n) is 10.9. The summed E-state index contributed by atoms with van der Waals surface area (Å²) in [6.45, 7) is 0. The van der Waals surface area contributed by atoms with Crippen molar-refractivity contribution < 1.29 is 24.2 Å². The molecule has 0 atom stereocenters. The van der Waals surface area contributed by atoms with Gasteiger partial charge in [-0.2, -0.15) is 5.10 Å². The zero-order chi connectivity index (χ0) is 15.9. The van der Waals surface area contributed by atoms with Crippen LogP contribution in [-0.4, -0.2) is 36.7 Å². The third-order valence-corrected chi connectivity index (χ3v) is 3.07. The van der Waals surface area contributed by atoms with Crippen molar-refractivity contribution in [1.82, 2.24) is 14.6 Å². The second-order valence-corrected chi connectivity index (χ2v) is 4.41. The molecule has 0 aliphatic rings. The van der Waals surface area contributed by atoms with Gasteiger partial charge in [0.05, 0.1) is 11.9 Å². The van der Waals surface area contributed by atoms with Crippen LogP contribution >= 0.6 is 0 Å². The van der Waals surface area contributed by atoms with Crippen molar-refractivity contribution >= 4 is 17.6 Å². The summed E-state index contributed by atoms with van der Waals surface area (Å²) < 4.78 is 14.8. The summed E-state index contributed by atoms with van der Waals surface area (Å²) >= 11 is 0. The topological polar surface area (TPSA) is 105 Å². The van der Waals surface area contributed by atoms with Gasteiger partial charge in [0.15, 0.2) is 11.3 Å². The maximum atomic E-state index is 13.9. The number of carboxylic acid groups (broad SMARTS) is 2. The Kier molecular flexibility index (Phi) is 3.06. The molecular weight excluding hydrogens is 293 g/mol. The molecule has 0 bridgehead atoms. The molecule has 110 valence electrons. The predicted molar refractivity (Wildman–Crippen MR) is 72.3 cm³/mol. The van der Waals surface area contributed by atoms with Crippen molar-refractivity contribution in [2.75, 3.05) is 0 Å². The molecule has 22 heavy (non-hydrogen) atoms. The number of carbonyl (C=O) groups is 2. The predicted octanol–water partition coefficient (Wildman–Crippen LogP) is 1.93. The smallest absolute Gasteiger partial charge is 0.354 e. The summed E-state index contributed by atoms with van der Waals surface area (Å²) in [5.74, 6) is -3.22. The minimum absolute atomic E-state index is 0.0194. The summed E-state index contributed by atoms with van der Waals surface area (Å²) in [5.41, 5.74) is -0.641. The Labute approximate surface area is 122 Å². The Morgan fingerprint density at radius 2 is 1.86 bits per heavy atom. The lowest BCUT2D eigenvalue weighted by atomic mass is 10.1. The van der Waals surface area contributed by atoms with Crippen LogP contribution in [0.4, 0.5) is 4.39 Å². The van der Waals surface area contributed by atoms with E-state index in [2.05, 4.69) is 10.1 Å². The minimum Gasteiger partial charge on any atom is -0.477 e. The molecule has 0 radical (unpaired) electrons. The maximum Gasteiger partial charge on any atom is 0.354 e. The number of nitrogens with zero attached hydrogens (tertiary/aromatic N) is 3. The third kappa shape index (κ3) is 2.06. The fourth-order valence-corrected chi connectivity index (χ4v) is 2.07. The quantitative estimate of drug-likeness (QED) is 0.766. The number of fused-ring (bicyclic) bond motifs is 1. The Hall–Kier alpha value is -3.29. The van der Waals surface area contributed by atoms with Crippen LogP contribution in [0.1, 0.15) is 20.8 Å². The fourth-order valence-electron chi connectivity index (χ4n) is 2.07. The molecule has 0 aliphatic carbocycles. The van der Waals surface area contributed by atoms with Crippen molar-refractivity contribution in [2.45, 2.75) is 0 Å². The van der Waals surface area contributed by atoms with Gasteiger partial charge in [0.1, 0.15) is 11.4 Å². The first-order valence-electron chi connectivity index (χ1n) is 6.09. The Bertz CT molecular complexity index is 920. The fraction of sp³-hybridized carbons (Fsp3) is 0. The van der Waals surface area contributed by atoms with E-state index in [0.717, 1.165) is 16.8 Å². The van der Waals surface area contributed by atoms with E-state index < -0.39 is 17.8 Å². The number of benzene rings is 1. The Morgan fingerprint density at radius 3 is 2.50 bits per heavy atom. The molecule has 2 aromatic heterocycles. The van der Waals surface area contributed by atoms with Crippen molar-refractivity contribution in [3.05, 3.63) is 53.6 Å². The molecule has 3 aromatic rings. The highest BCUT2D eigenvalue weighted by atomic mass is 19.1. The van der Waals surface area contributed by atoms with E-state index in [4.69, 9.17) is 5.11 Å². The lowest BCUT2D eigenvalue weighted by Gasteiger charge is -2.06. The van der Waals surface area contributed by atoms with E-state index in [1.165, 1.54) is 18.2 Å². The molecule has 3 rings (SSSR count). The standard InChI is InChI=1S/C14H8FN3O4/c15-9-4-2-1-3-7(9)10-5-11(14(21)22)18-12(17-10)8(6-16-18)13(19)20/h1-6H,(H,19,20)(H,21,22). The van der Waals surface area contributed by atoms with Crippen LogP contribution in [0, 0.1) is 5.82 Å². The van der Waals surface area contributed by atoms with Crippen LogP contribution < -0.4 is 0 Å². The van der Waals surface area contributed by atoms with Gasteiger partial charge in [-0.05, 0) is 18.2 Å². The van der Waals surface area contributed by atoms with E-state index in [1.54, 1.807) is 6.07 Å². The summed E-state index contributed by atoms with van der Waals surface area (Å²) in [6, 6.07) is 6.83. The Balaban J connectivity index is 2.37. The summed E-state index contributed by atoms with van der Waals surface area (Å²) in [5, 5.41) is 22.1. The van der Waals surface area contributed by atoms with Gasteiger partial charge >= 0.3 is 11.9 Å². The van der Waals surface area contributed by atoms with Crippen LogP contribution in [0.3, 0.4) is 0 Å². The van der Waals surface area contributed by atoms with Crippen molar-refractivity contribution in [2.24, 2.45) is 0 Å². The average Bonchev–Trinajstić information content (AvgIpc) is 2.90. The largest absolute Gasteiger partial charge is 0.477 e. The van der Waals surface area contributed by atoms with E-state index in [9.17, 15) is 19.1 Å². The molecule has 0 saturated carbocycles. The molecule has 1 aromatic carbocycles.